The minimum absolute atomic E-state index is 0.0271. The fraction of sp³-hybridized carbons (Fsp3) is 0.480. The average molecular weight is 467 g/mol. The number of benzene rings is 2. The summed E-state index contributed by atoms with van der Waals surface area (Å²) in [7, 11) is 0. The lowest BCUT2D eigenvalue weighted by atomic mass is 9.53. The van der Waals surface area contributed by atoms with Crippen LogP contribution in [0.15, 0.2) is 42.5 Å². The molecule has 33 heavy (non-hydrogen) atoms. The monoisotopic (exact) mass is 467 g/mol. The summed E-state index contributed by atoms with van der Waals surface area (Å²) in [5.41, 5.74) is -2.06. The van der Waals surface area contributed by atoms with Crippen LogP contribution in [0.25, 0.3) is 11.1 Å². The molecule has 4 aliphatic rings. The Morgan fingerprint density at radius 1 is 0.758 bits per heavy atom. The van der Waals surface area contributed by atoms with E-state index in [9.17, 15) is 31.1 Å². The van der Waals surface area contributed by atoms with Gasteiger partial charge in [0.2, 0.25) is 0 Å². The maximum absolute atomic E-state index is 13.4. The molecule has 2 aromatic rings. The largest absolute Gasteiger partial charge is 0.416 e. The number of carbonyl (C=O) groups is 1. The average Bonchev–Trinajstić information content (AvgIpc) is 2.71. The fourth-order valence-electron chi connectivity index (χ4n) is 6.57. The SMILES string of the molecule is O=C(NC12CC3CC(CC(C3)C1)C2)c1ccc(C(F)(F)F)cc1-c1ccc(C(F)(F)F)cc1. The summed E-state index contributed by atoms with van der Waals surface area (Å²) in [6.07, 6.45) is -3.06. The van der Waals surface area contributed by atoms with Crippen molar-refractivity contribution in [3.63, 3.8) is 0 Å². The van der Waals surface area contributed by atoms with Crippen LogP contribution in [-0.2, 0) is 12.4 Å². The minimum Gasteiger partial charge on any atom is -0.347 e. The van der Waals surface area contributed by atoms with Crippen LogP contribution in [0, 0.1) is 17.8 Å². The summed E-state index contributed by atoms with van der Waals surface area (Å²) in [4.78, 5) is 13.3. The Morgan fingerprint density at radius 3 is 1.73 bits per heavy atom. The van der Waals surface area contributed by atoms with Crippen LogP contribution >= 0.6 is 0 Å². The second-order valence-corrected chi connectivity index (χ2v) is 9.99. The molecule has 4 aliphatic carbocycles. The summed E-state index contributed by atoms with van der Waals surface area (Å²) in [5.74, 6) is 1.23. The molecule has 0 spiro atoms. The molecular weight excluding hydrogens is 444 g/mol. The van der Waals surface area contributed by atoms with Crippen LogP contribution in [0.2, 0.25) is 0 Å². The number of carbonyl (C=O) groups excluding carboxylic acids is 1. The fourth-order valence-corrected chi connectivity index (χ4v) is 6.57. The van der Waals surface area contributed by atoms with Crippen molar-refractivity contribution in [2.24, 2.45) is 17.8 Å². The Balaban J connectivity index is 1.50. The summed E-state index contributed by atoms with van der Waals surface area (Å²) >= 11 is 0. The van der Waals surface area contributed by atoms with Gasteiger partial charge < -0.3 is 5.32 Å². The van der Waals surface area contributed by atoms with Crippen LogP contribution in [0.1, 0.15) is 60.0 Å². The van der Waals surface area contributed by atoms with Gasteiger partial charge in [-0.1, -0.05) is 12.1 Å². The summed E-state index contributed by atoms with van der Waals surface area (Å²) in [6.45, 7) is 0. The highest BCUT2D eigenvalue weighted by molar-refractivity contribution is 6.01. The van der Waals surface area contributed by atoms with Crippen molar-refractivity contribution in [2.45, 2.75) is 56.4 Å². The summed E-state index contributed by atoms with van der Waals surface area (Å²) in [5, 5.41) is 3.14. The Hall–Kier alpha value is -2.51. The van der Waals surface area contributed by atoms with Crippen molar-refractivity contribution >= 4 is 5.91 Å². The molecule has 0 aliphatic heterocycles. The molecule has 0 aromatic heterocycles. The molecular formula is C25H23F6NO. The molecule has 0 radical (unpaired) electrons. The van der Waals surface area contributed by atoms with E-state index >= 15 is 0 Å². The first-order valence-corrected chi connectivity index (χ1v) is 11.1. The van der Waals surface area contributed by atoms with E-state index in [4.69, 9.17) is 0 Å². The van der Waals surface area contributed by atoms with Gasteiger partial charge in [-0.15, -0.1) is 0 Å². The Labute approximate surface area is 187 Å². The second-order valence-electron chi connectivity index (χ2n) is 9.99. The van der Waals surface area contributed by atoms with E-state index in [1.807, 2.05) is 0 Å². The van der Waals surface area contributed by atoms with Crippen molar-refractivity contribution in [1.29, 1.82) is 0 Å². The van der Waals surface area contributed by atoms with Gasteiger partial charge in [0.25, 0.3) is 5.91 Å². The lowest BCUT2D eigenvalue weighted by Gasteiger charge is -2.56. The highest BCUT2D eigenvalue weighted by atomic mass is 19.4. The Morgan fingerprint density at radius 2 is 1.24 bits per heavy atom. The zero-order valence-corrected chi connectivity index (χ0v) is 17.7. The van der Waals surface area contributed by atoms with E-state index in [1.54, 1.807) is 0 Å². The van der Waals surface area contributed by atoms with Crippen LogP contribution < -0.4 is 5.32 Å². The molecule has 2 aromatic carbocycles. The van der Waals surface area contributed by atoms with Gasteiger partial charge in [0.1, 0.15) is 0 Å². The number of rotatable bonds is 3. The molecule has 8 heteroatoms. The van der Waals surface area contributed by atoms with Crippen LogP contribution in [0.4, 0.5) is 26.3 Å². The van der Waals surface area contributed by atoms with E-state index in [0.717, 1.165) is 61.7 Å². The van der Waals surface area contributed by atoms with Gasteiger partial charge >= 0.3 is 12.4 Å². The number of hydrogen-bond donors (Lipinski definition) is 1. The molecule has 2 nitrogen and oxygen atoms in total. The van der Waals surface area contributed by atoms with Crippen LogP contribution in [0.3, 0.4) is 0 Å². The molecule has 1 amide bonds. The summed E-state index contributed by atoms with van der Waals surface area (Å²) < 4.78 is 79.0. The number of nitrogens with one attached hydrogen (secondary N) is 1. The van der Waals surface area contributed by atoms with Gasteiger partial charge in [-0.25, -0.2) is 0 Å². The highest BCUT2D eigenvalue weighted by Crippen LogP contribution is 2.55. The highest BCUT2D eigenvalue weighted by Gasteiger charge is 2.51. The normalized spacial score (nSPS) is 28.7. The smallest absolute Gasteiger partial charge is 0.347 e. The second kappa shape index (κ2) is 7.50. The van der Waals surface area contributed by atoms with Crippen molar-refractivity contribution in [2.75, 3.05) is 0 Å². The standard InChI is InChI=1S/C25H23F6NO/c26-24(27,28)18-3-1-17(2-4-18)21-10-19(25(29,30)31)5-6-20(21)22(33)32-23-11-14-7-15(12-23)9-16(8-14)13-23/h1-6,10,14-16H,7-9,11-13H2,(H,32,33). The number of hydrogen-bond acceptors (Lipinski definition) is 1. The van der Waals surface area contributed by atoms with Gasteiger partial charge in [0.15, 0.2) is 0 Å². The van der Waals surface area contributed by atoms with Crippen molar-refractivity contribution in [1.82, 2.24) is 5.32 Å². The first-order valence-electron chi connectivity index (χ1n) is 11.1. The Bertz CT molecular complexity index is 1030. The molecule has 0 saturated heterocycles. The van der Waals surface area contributed by atoms with Crippen molar-refractivity contribution < 1.29 is 31.1 Å². The third-order valence-corrected chi connectivity index (χ3v) is 7.53. The molecule has 0 atom stereocenters. The van der Waals surface area contributed by atoms with Gasteiger partial charge in [-0.3, -0.25) is 4.79 Å². The summed E-state index contributed by atoms with van der Waals surface area (Å²) in [6, 6.07) is 6.68. The lowest BCUT2D eigenvalue weighted by Crippen LogP contribution is -2.59. The van der Waals surface area contributed by atoms with Gasteiger partial charge in [-0.05, 0) is 97.7 Å². The van der Waals surface area contributed by atoms with Crippen LogP contribution in [-0.4, -0.2) is 11.4 Å². The Kier molecular flexibility index (Phi) is 5.07. The van der Waals surface area contributed by atoms with E-state index in [0.29, 0.717) is 17.8 Å². The van der Waals surface area contributed by atoms with Gasteiger partial charge in [-0.2, -0.15) is 26.3 Å². The van der Waals surface area contributed by atoms with E-state index < -0.39 is 29.4 Å². The number of halogens is 6. The number of amides is 1. The van der Waals surface area contributed by atoms with Crippen molar-refractivity contribution in [3.05, 3.63) is 59.2 Å². The third kappa shape index (κ3) is 4.24. The maximum atomic E-state index is 13.4. The molecule has 0 unspecified atom stereocenters. The zero-order valence-electron chi connectivity index (χ0n) is 17.7. The molecule has 6 rings (SSSR count). The van der Waals surface area contributed by atoms with Gasteiger partial charge in [0, 0.05) is 11.1 Å². The number of alkyl halides is 6. The zero-order chi connectivity index (χ0) is 23.6. The maximum Gasteiger partial charge on any atom is 0.416 e. The molecule has 1 N–H and O–H groups in total. The molecule has 4 fully saturated rings. The quantitative estimate of drug-likeness (QED) is 0.480. The first-order chi connectivity index (χ1) is 15.4. The molecule has 0 heterocycles. The lowest BCUT2D eigenvalue weighted by molar-refractivity contribution is -0.138. The van der Waals surface area contributed by atoms with E-state index in [2.05, 4.69) is 5.32 Å². The minimum atomic E-state index is -4.64. The molecule has 4 saturated carbocycles. The van der Waals surface area contributed by atoms with Gasteiger partial charge in [0.05, 0.1) is 11.1 Å². The predicted octanol–water partition coefficient (Wildman–Crippen LogP) is 7.09. The topological polar surface area (TPSA) is 29.1 Å². The third-order valence-electron chi connectivity index (χ3n) is 7.53. The van der Waals surface area contributed by atoms with E-state index in [1.165, 1.54) is 19.3 Å². The van der Waals surface area contributed by atoms with Crippen LogP contribution in [0.5, 0.6) is 0 Å². The molecule has 176 valence electrons. The molecule has 4 bridgehead atoms. The van der Waals surface area contributed by atoms with E-state index in [-0.39, 0.29) is 22.2 Å². The van der Waals surface area contributed by atoms with Crippen molar-refractivity contribution in [3.8, 4) is 11.1 Å². The first kappa shape index (κ1) is 22.3. The predicted molar refractivity (Wildman–Crippen MR) is 110 cm³/mol.